The Bertz CT molecular complexity index is 669. The maximum Gasteiger partial charge on any atom is 0.145 e. The van der Waals surface area contributed by atoms with Crippen LogP contribution in [0.1, 0.15) is 22.3 Å². The molecule has 19 heavy (non-hydrogen) atoms. The number of nitrogens with zero attached hydrogens (tertiary/aromatic N) is 1. The van der Waals surface area contributed by atoms with Crippen LogP contribution in [0.25, 0.3) is 0 Å². The highest BCUT2D eigenvalue weighted by Gasteiger charge is 2.08. The summed E-state index contributed by atoms with van der Waals surface area (Å²) in [5.41, 5.74) is 10.2. The van der Waals surface area contributed by atoms with E-state index in [4.69, 9.17) is 15.7 Å². The number of nitriles is 1. The molecule has 3 heteroatoms. The molecule has 0 amide bonds. The molecule has 0 unspecified atom stereocenters. The maximum absolute atomic E-state index is 9.13. The van der Waals surface area contributed by atoms with Gasteiger partial charge in [0.1, 0.15) is 17.6 Å². The quantitative estimate of drug-likeness (QED) is 0.826. The molecule has 0 fully saturated rings. The van der Waals surface area contributed by atoms with Crippen molar-refractivity contribution in [2.24, 2.45) is 0 Å². The van der Waals surface area contributed by atoms with Gasteiger partial charge in [-0.2, -0.15) is 5.26 Å². The topological polar surface area (TPSA) is 59.0 Å². The zero-order chi connectivity index (χ0) is 14.0. The molecule has 0 aliphatic rings. The van der Waals surface area contributed by atoms with Gasteiger partial charge in [0.15, 0.2) is 0 Å². The molecular formula is C16H16N2O. The first-order valence-corrected chi connectivity index (χ1v) is 6.06. The summed E-state index contributed by atoms with van der Waals surface area (Å²) in [7, 11) is 0. The lowest BCUT2D eigenvalue weighted by Gasteiger charge is -2.12. The Hall–Kier alpha value is -2.47. The Morgan fingerprint density at radius 3 is 2.42 bits per heavy atom. The first-order valence-electron chi connectivity index (χ1n) is 6.06. The fourth-order valence-electron chi connectivity index (χ4n) is 1.90. The molecule has 0 saturated heterocycles. The van der Waals surface area contributed by atoms with Crippen LogP contribution >= 0.6 is 0 Å². The standard InChI is InChI=1S/C16H16N2O/c1-10-4-5-15(13(6-10)9-17)19-16-8-14(18)11(2)7-12(16)3/h4-8H,18H2,1-3H3. The van der Waals surface area contributed by atoms with Crippen LogP contribution in [0.2, 0.25) is 0 Å². The van der Waals surface area contributed by atoms with Gasteiger partial charge in [0.05, 0.1) is 5.56 Å². The molecule has 0 aliphatic heterocycles. The first kappa shape index (κ1) is 13.0. The van der Waals surface area contributed by atoms with E-state index in [9.17, 15) is 0 Å². The van der Waals surface area contributed by atoms with E-state index in [1.807, 2.05) is 45.0 Å². The third kappa shape index (κ3) is 2.69. The molecule has 96 valence electrons. The summed E-state index contributed by atoms with van der Waals surface area (Å²) >= 11 is 0. The van der Waals surface area contributed by atoms with Crippen molar-refractivity contribution in [1.29, 1.82) is 5.26 Å². The lowest BCUT2D eigenvalue weighted by atomic mass is 10.1. The summed E-state index contributed by atoms with van der Waals surface area (Å²) in [5, 5.41) is 9.13. The highest BCUT2D eigenvalue weighted by Crippen LogP contribution is 2.31. The van der Waals surface area contributed by atoms with Gasteiger partial charge in [-0.25, -0.2) is 0 Å². The summed E-state index contributed by atoms with van der Waals surface area (Å²) in [6, 6.07) is 11.5. The number of benzene rings is 2. The van der Waals surface area contributed by atoms with E-state index in [1.54, 1.807) is 6.07 Å². The predicted molar refractivity (Wildman–Crippen MR) is 76.3 cm³/mol. The molecule has 2 rings (SSSR count). The smallest absolute Gasteiger partial charge is 0.145 e. The van der Waals surface area contributed by atoms with Crippen LogP contribution in [0.15, 0.2) is 30.3 Å². The van der Waals surface area contributed by atoms with E-state index in [2.05, 4.69) is 6.07 Å². The van der Waals surface area contributed by atoms with Gasteiger partial charge in [-0.3, -0.25) is 0 Å². The summed E-state index contributed by atoms with van der Waals surface area (Å²) in [6.45, 7) is 5.86. The molecule has 3 nitrogen and oxygen atoms in total. The molecule has 0 aromatic heterocycles. The minimum atomic E-state index is 0.526. The van der Waals surface area contributed by atoms with Crippen LogP contribution in [0.4, 0.5) is 5.69 Å². The molecule has 2 aromatic carbocycles. The van der Waals surface area contributed by atoms with Crippen LogP contribution in [0, 0.1) is 32.1 Å². The fourth-order valence-corrected chi connectivity index (χ4v) is 1.90. The second kappa shape index (κ2) is 5.03. The van der Waals surface area contributed by atoms with Crippen LogP contribution in [-0.4, -0.2) is 0 Å². The normalized spacial score (nSPS) is 10.0. The Kier molecular flexibility index (Phi) is 3.43. The van der Waals surface area contributed by atoms with E-state index >= 15 is 0 Å². The van der Waals surface area contributed by atoms with E-state index in [1.165, 1.54) is 0 Å². The Morgan fingerprint density at radius 2 is 1.74 bits per heavy atom. The number of anilines is 1. The second-order valence-electron chi connectivity index (χ2n) is 4.69. The van der Waals surface area contributed by atoms with Crippen molar-refractivity contribution in [3.05, 3.63) is 52.6 Å². The number of hydrogen-bond donors (Lipinski definition) is 1. The summed E-state index contributed by atoms with van der Waals surface area (Å²) < 4.78 is 5.82. The van der Waals surface area contributed by atoms with Gasteiger partial charge in [0.2, 0.25) is 0 Å². The van der Waals surface area contributed by atoms with Crippen LogP contribution in [0.5, 0.6) is 11.5 Å². The molecule has 2 aromatic rings. The molecule has 0 radical (unpaired) electrons. The van der Waals surface area contributed by atoms with Crippen molar-refractivity contribution in [3.63, 3.8) is 0 Å². The zero-order valence-corrected chi connectivity index (χ0v) is 11.3. The third-order valence-electron chi connectivity index (χ3n) is 3.04. The number of hydrogen-bond acceptors (Lipinski definition) is 3. The van der Waals surface area contributed by atoms with Gasteiger partial charge in [0, 0.05) is 11.8 Å². The van der Waals surface area contributed by atoms with Crippen molar-refractivity contribution in [2.75, 3.05) is 5.73 Å². The summed E-state index contributed by atoms with van der Waals surface area (Å²) in [5.74, 6) is 1.24. The van der Waals surface area contributed by atoms with E-state index in [-0.39, 0.29) is 0 Å². The molecular weight excluding hydrogens is 236 g/mol. The lowest BCUT2D eigenvalue weighted by molar-refractivity contribution is 0.477. The van der Waals surface area contributed by atoms with Gasteiger partial charge in [0.25, 0.3) is 0 Å². The monoisotopic (exact) mass is 252 g/mol. The third-order valence-corrected chi connectivity index (χ3v) is 3.04. The largest absolute Gasteiger partial charge is 0.456 e. The van der Waals surface area contributed by atoms with E-state index < -0.39 is 0 Å². The molecule has 0 atom stereocenters. The van der Waals surface area contributed by atoms with Gasteiger partial charge in [-0.1, -0.05) is 12.1 Å². The Labute approximate surface area is 113 Å². The van der Waals surface area contributed by atoms with Crippen LogP contribution in [0.3, 0.4) is 0 Å². The van der Waals surface area contributed by atoms with Gasteiger partial charge >= 0.3 is 0 Å². The van der Waals surface area contributed by atoms with Gasteiger partial charge in [-0.15, -0.1) is 0 Å². The second-order valence-corrected chi connectivity index (χ2v) is 4.69. The average Bonchev–Trinajstić information content (AvgIpc) is 2.37. The summed E-state index contributed by atoms with van der Waals surface area (Å²) in [6.07, 6.45) is 0. The zero-order valence-electron chi connectivity index (χ0n) is 11.3. The number of nitrogen functional groups attached to an aromatic ring is 1. The number of rotatable bonds is 2. The SMILES string of the molecule is Cc1ccc(Oc2cc(N)c(C)cc2C)c(C#N)c1. The Balaban J connectivity index is 2.42. The fraction of sp³-hybridized carbons (Fsp3) is 0.188. The average molecular weight is 252 g/mol. The molecule has 0 bridgehead atoms. The van der Waals surface area contributed by atoms with E-state index in [0.717, 1.165) is 16.7 Å². The lowest BCUT2D eigenvalue weighted by Crippen LogP contribution is -1.95. The highest BCUT2D eigenvalue weighted by atomic mass is 16.5. The molecule has 0 spiro atoms. The first-order chi connectivity index (χ1) is 9.01. The summed E-state index contributed by atoms with van der Waals surface area (Å²) in [4.78, 5) is 0. The highest BCUT2D eigenvalue weighted by molar-refractivity contribution is 5.56. The van der Waals surface area contributed by atoms with Crippen molar-refractivity contribution in [3.8, 4) is 17.6 Å². The molecule has 0 heterocycles. The minimum absolute atomic E-state index is 0.526. The Morgan fingerprint density at radius 1 is 1.00 bits per heavy atom. The number of nitrogens with two attached hydrogens (primary N) is 1. The molecule has 0 aliphatic carbocycles. The number of ether oxygens (including phenoxy) is 1. The van der Waals surface area contributed by atoms with Crippen molar-refractivity contribution in [2.45, 2.75) is 20.8 Å². The number of aryl methyl sites for hydroxylation is 3. The van der Waals surface area contributed by atoms with Gasteiger partial charge < -0.3 is 10.5 Å². The van der Waals surface area contributed by atoms with Crippen molar-refractivity contribution < 1.29 is 4.74 Å². The van der Waals surface area contributed by atoms with Crippen LogP contribution < -0.4 is 10.5 Å². The van der Waals surface area contributed by atoms with E-state index in [0.29, 0.717) is 22.7 Å². The molecule has 0 saturated carbocycles. The molecule has 2 N–H and O–H groups in total. The predicted octanol–water partition coefficient (Wildman–Crippen LogP) is 3.86. The maximum atomic E-state index is 9.13. The van der Waals surface area contributed by atoms with Crippen LogP contribution in [-0.2, 0) is 0 Å². The van der Waals surface area contributed by atoms with Crippen molar-refractivity contribution >= 4 is 5.69 Å². The van der Waals surface area contributed by atoms with Crippen molar-refractivity contribution in [1.82, 2.24) is 0 Å². The minimum Gasteiger partial charge on any atom is -0.456 e. The van der Waals surface area contributed by atoms with Gasteiger partial charge in [-0.05, 0) is 49.6 Å².